The van der Waals surface area contributed by atoms with Gasteiger partial charge in [0.15, 0.2) is 5.79 Å². The lowest BCUT2D eigenvalue weighted by molar-refractivity contribution is -0.233. The highest BCUT2D eigenvalue weighted by atomic mass is 16.5. The van der Waals surface area contributed by atoms with Crippen molar-refractivity contribution in [2.24, 2.45) is 52.3 Å². The molecule has 4 rings (SSSR count). The Balaban J connectivity index is 1.43. The first-order valence-electron chi connectivity index (χ1n) is 14.0. The van der Waals surface area contributed by atoms with Gasteiger partial charge in [-0.05, 0) is 111 Å². The van der Waals surface area contributed by atoms with Gasteiger partial charge in [0.2, 0.25) is 0 Å². The molecule has 8 unspecified atom stereocenters. The standard InChI is InChI=1S/C29H50O3/c1-6-20(7-2)26(30)13-8-19(3)23-11-12-24-22-10-9-21-18-29(31,32)17-16-27(21,4)25(22)14-15-28(23,24)5/h19-25,31-32H,6-18H2,1-5H3. The maximum Gasteiger partial charge on any atom is 0.162 e. The fourth-order valence-electron chi connectivity index (χ4n) is 9.72. The van der Waals surface area contributed by atoms with Crippen molar-refractivity contribution < 1.29 is 15.0 Å². The topological polar surface area (TPSA) is 57.5 Å². The summed E-state index contributed by atoms with van der Waals surface area (Å²) in [6.45, 7) is 11.8. The summed E-state index contributed by atoms with van der Waals surface area (Å²) in [6.07, 6.45) is 13.8. The van der Waals surface area contributed by atoms with Gasteiger partial charge in [-0.1, -0.05) is 34.6 Å². The number of carbonyl (C=O) groups is 1. The molecule has 0 saturated heterocycles. The number of rotatable bonds is 7. The monoisotopic (exact) mass is 446 g/mol. The van der Waals surface area contributed by atoms with Crippen LogP contribution >= 0.6 is 0 Å². The van der Waals surface area contributed by atoms with Crippen LogP contribution in [0.15, 0.2) is 0 Å². The Hall–Kier alpha value is -0.410. The van der Waals surface area contributed by atoms with E-state index in [9.17, 15) is 15.0 Å². The predicted octanol–water partition coefficient (Wildman–Crippen LogP) is 6.75. The molecule has 4 fully saturated rings. The third kappa shape index (κ3) is 4.12. The van der Waals surface area contributed by atoms with Crippen LogP contribution in [0.3, 0.4) is 0 Å². The molecule has 8 atom stereocenters. The Morgan fingerprint density at radius 3 is 2.28 bits per heavy atom. The van der Waals surface area contributed by atoms with Crippen LogP contribution in [0.2, 0.25) is 0 Å². The lowest BCUT2D eigenvalue weighted by Gasteiger charge is -2.61. The first kappa shape index (κ1) is 24.7. The molecule has 0 spiro atoms. The molecule has 4 saturated carbocycles. The summed E-state index contributed by atoms with van der Waals surface area (Å²) in [6, 6.07) is 0. The molecular formula is C29H50O3. The molecule has 4 aliphatic rings. The highest BCUT2D eigenvalue weighted by Gasteiger charge is 2.61. The molecule has 0 aromatic heterocycles. The number of Topliss-reactive ketones (excluding diaryl/α,β-unsaturated/α-hetero) is 1. The molecule has 0 heterocycles. The minimum atomic E-state index is -1.43. The van der Waals surface area contributed by atoms with Crippen molar-refractivity contribution >= 4 is 5.78 Å². The second kappa shape index (κ2) is 8.99. The molecule has 3 nitrogen and oxygen atoms in total. The molecule has 0 aromatic carbocycles. The van der Waals surface area contributed by atoms with E-state index in [1.54, 1.807) is 0 Å². The fraction of sp³-hybridized carbons (Fsp3) is 0.966. The van der Waals surface area contributed by atoms with Crippen LogP contribution in [0.1, 0.15) is 118 Å². The van der Waals surface area contributed by atoms with Gasteiger partial charge >= 0.3 is 0 Å². The molecule has 3 heteroatoms. The smallest absolute Gasteiger partial charge is 0.162 e. The first-order valence-corrected chi connectivity index (χ1v) is 14.0. The summed E-state index contributed by atoms with van der Waals surface area (Å²) in [4.78, 5) is 12.7. The minimum Gasteiger partial charge on any atom is -0.366 e. The molecule has 4 aliphatic carbocycles. The summed E-state index contributed by atoms with van der Waals surface area (Å²) in [5.41, 5.74) is 0.735. The van der Waals surface area contributed by atoms with Crippen molar-refractivity contribution in [3.8, 4) is 0 Å². The van der Waals surface area contributed by atoms with Gasteiger partial charge in [0.1, 0.15) is 5.78 Å². The minimum absolute atomic E-state index is 0.271. The van der Waals surface area contributed by atoms with E-state index in [2.05, 4.69) is 34.6 Å². The van der Waals surface area contributed by atoms with E-state index < -0.39 is 5.79 Å². The van der Waals surface area contributed by atoms with Gasteiger partial charge in [0, 0.05) is 25.2 Å². The molecule has 0 bridgehead atoms. The lowest BCUT2D eigenvalue weighted by atomic mass is 9.44. The van der Waals surface area contributed by atoms with E-state index in [-0.39, 0.29) is 5.92 Å². The second-order valence-corrected chi connectivity index (χ2v) is 13.1. The van der Waals surface area contributed by atoms with Crippen LogP contribution in [0, 0.1) is 52.3 Å². The zero-order valence-corrected chi connectivity index (χ0v) is 21.5. The Labute approximate surface area is 197 Å². The number of fused-ring (bicyclic) bond motifs is 5. The third-order valence-electron chi connectivity index (χ3n) is 11.7. The average Bonchev–Trinajstić information content (AvgIpc) is 3.10. The Morgan fingerprint density at radius 1 is 0.906 bits per heavy atom. The van der Waals surface area contributed by atoms with Gasteiger partial charge < -0.3 is 10.2 Å². The number of hydrogen-bond acceptors (Lipinski definition) is 3. The Kier molecular flexibility index (Phi) is 6.94. The zero-order chi connectivity index (χ0) is 23.3. The second-order valence-electron chi connectivity index (χ2n) is 13.1. The predicted molar refractivity (Wildman–Crippen MR) is 130 cm³/mol. The Morgan fingerprint density at radius 2 is 1.59 bits per heavy atom. The van der Waals surface area contributed by atoms with Gasteiger partial charge in [-0.25, -0.2) is 0 Å². The van der Waals surface area contributed by atoms with E-state index >= 15 is 0 Å². The van der Waals surface area contributed by atoms with Crippen molar-refractivity contribution in [1.29, 1.82) is 0 Å². The van der Waals surface area contributed by atoms with Crippen LogP contribution < -0.4 is 0 Å². The van der Waals surface area contributed by atoms with Crippen LogP contribution in [0.4, 0.5) is 0 Å². The van der Waals surface area contributed by atoms with E-state index in [1.807, 2.05) is 0 Å². The molecule has 0 radical (unpaired) electrons. The van der Waals surface area contributed by atoms with Crippen molar-refractivity contribution in [3.63, 3.8) is 0 Å². The van der Waals surface area contributed by atoms with Crippen LogP contribution in [0.5, 0.6) is 0 Å². The Bertz CT molecular complexity index is 682. The molecule has 0 aromatic rings. The van der Waals surface area contributed by atoms with Crippen LogP contribution in [0.25, 0.3) is 0 Å². The van der Waals surface area contributed by atoms with Gasteiger partial charge in [0.05, 0.1) is 0 Å². The quantitative estimate of drug-likeness (QED) is 0.425. The normalized spacial score (nSPS) is 43.9. The third-order valence-corrected chi connectivity index (χ3v) is 11.7. The number of carbonyl (C=O) groups excluding carboxylic acids is 1. The van der Waals surface area contributed by atoms with Gasteiger partial charge in [-0.3, -0.25) is 4.79 Å². The zero-order valence-electron chi connectivity index (χ0n) is 21.5. The van der Waals surface area contributed by atoms with Crippen molar-refractivity contribution in [2.75, 3.05) is 0 Å². The summed E-state index contributed by atoms with van der Waals surface area (Å²) in [5, 5.41) is 20.6. The van der Waals surface area contributed by atoms with Crippen molar-refractivity contribution in [1.82, 2.24) is 0 Å². The maximum atomic E-state index is 12.7. The largest absolute Gasteiger partial charge is 0.366 e. The summed E-state index contributed by atoms with van der Waals surface area (Å²) < 4.78 is 0. The fourth-order valence-corrected chi connectivity index (χ4v) is 9.72. The highest BCUT2D eigenvalue weighted by molar-refractivity contribution is 5.80. The molecular weight excluding hydrogens is 396 g/mol. The van der Waals surface area contributed by atoms with Gasteiger partial charge in [-0.15, -0.1) is 0 Å². The first-order chi connectivity index (χ1) is 15.1. The summed E-state index contributed by atoms with van der Waals surface area (Å²) in [5.74, 6) is 3.64. The van der Waals surface area contributed by atoms with Gasteiger partial charge in [-0.2, -0.15) is 0 Å². The van der Waals surface area contributed by atoms with Crippen LogP contribution in [-0.4, -0.2) is 21.8 Å². The maximum absolute atomic E-state index is 12.7. The summed E-state index contributed by atoms with van der Waals surface area (Å²) in [7, 11) is 0. The molecule has 184 valence electrons. The van der Waals surface area contributed by atoms with Crippen molar-refractivity contribution in [3.05, 3.63) is 0 Å². The highest BCUT2D eigenvalue weighted by Crippen LogP contribution is 2.68. The molecule has 32 heavy (non-hydrogen) atoms. The van der Waals surface area contributed by atoms with Crippen molar-refractivity contribution in [2.45, 2.75) is 124 Å². The summed E-state index contributed by atoms with van der Waals surface area (Å²) >= 11 is 0. The number of hydrogen-bond donors (Lipinski definition) is 2. The molecule has 0 amide bonds. The molecule has 2 N–H and O–H groups in total. The average molecular weight is 447 g/mol. The van der Waals surface area contributed by atoms with E-state index in [1.165, 1.54) is 38.5 Å². The van der Waals surface area contributed by atoms with Crippen LogP contribution in [-0.2, 0) is 4.79 Å². The van der Waals surface area contributed by atoms with Gasteiger partial charge in [0.25, 0.3) is 0 Å². The SMILES string of the molecule is CCC(CC)C(=O)CCC(C)C1CCC2C3CCC4CC(O)(O)CCC4(C)C3CCC12C. The number of aliphatic hydroxyl groups is 2. The number of ketones is 1. The lowest BCUT2D eigenvalue weighted by Crippen LogP contribution is -2.56. The molecule has 0 aliphatic heterocycles. The van der Waals surface area contributed by atoms with E-state index in [4.69, 9.17) is 0 Å². The van der Waals surface area contributed by atoms with E-state index in [0.717, 1.165) is 55.8 Å². The van der Waals surface area contributed by atoms with E-state index in [0.29, 0.717) is 41.3 Å².